The molecule has 0 aromatic carbocycles. The Hall–Kier alpha value is -4.48. The number of carbonyl (C=O) groups is 6. The Bertz CT molecular complexity index is 2260. The Labute approximate surface area is 817 Å². The van der Waals surface area contributed by atoms with Crippen molar-refractivity contribution in [3.63, 3.8) is 0 Å². The molecular weight excluding hydrogens is 1710 g/mol. The zero-order valence-electron chi connectivity index (χ0n) is 87.6. The summed E-state index contributed by atoms with van der Waals surface area (Å²) in [5.41, 5.74) is 0. The number of hydrogen-bond acceptors (Lipinski definition) is 31. The number of aliphatic carboxylic acids is 2. The number of carboxylic acid groups (broad SMARTS) is 2. The molecule has 0 atom stereocenters. The second-order valence-electron chi connectivity index (χ2n) is 33.7. The van der Waals surface area contributed by atoms with Crippen LogP contribution in [-0.4, -0.2) is 432 Å². The highest BCUT2D eigenvalue weighted by atomic mass is 16.5. The first kappa shape index (κ1) is 138. The van der Waals surface area contributed by atoms with Crippen LogP contribution in [-0.2, 0) is 38.2 Å². The minimum atomic E-state index is -1.10. The molecule has 0 aromatic rings. The standard InChI is InChI=1S/C46H116N22.C18H35NO3.C14H26O4.C10H26N4.C8H13NO3/c1-3-4-48-7-8-50-11-12-52-15-16-54-19-20-56-23-24-58-27-28-60-31-32-62-35-36-64-39-40-66-43-44-68-46-45-67-42-41-65-38-37-63-34-33-61-30-29-59-26-25-57-22-21-55-18-17-53-14-13-51-10-9-49-6-5-47-2;1-4-6-7-8-11-14-18(21)22-16-12-9-10-13-17(20)19(3)15-5-2;1-2-3-4-5-8-11-14(17)18-12-9-6-7-10-13(15)16;1-3-4-12-7-8-14-10-9-13-6-5-11-2;1-3-6-9(2)7(10)4-5-8(11)12/h47-68H,3-46H2,1-2H3;4-16H2,1-3H3;2-12H2,1H3,(H,15,16);11-14H,3-10H2,1-2H3;4-5H,3,6H2,1-2H3,(H,11,12)/p+3. The molecule has 0 radical (unpaired) electrons. The summed E-state index contributed by atoms with van der Waals surface area (Å²) >= 11 is 0. The van der Waals surface area contributed by atoms with Crippen LogP contribution >= 0.6 is 0 Å². The first-order valence-corrected chi connectivity index (χ1v) is 53.3. The molecular formula is C96H219N28O10+3. The topological polar surface area (TPSA) is 502 Å². The normalized spacial score (nSPS) is 11.1. The fraction of sp³-hybridized carbons (Fsp3) is 0.917. The molecule has 38 heteroatoms. The summed E-state index contributed by atoms with van der Waals surface area (Å²) in [7, 11) is 7.60. The van der Waals surface area contributed by atoms with Crippen molar-refractivity contribution in [2.75, 3.05) is 382 Å². The summed E-state index contributed by atoms with van der Waals surface area (Å²) in [4.78, 5) is 68.9. The van der Waals surface area contributed by atoms with Gasteiger partial charge in [-0.2, -0.15) is 0 Å². The summed E-state index contributed by atoms with van der Waals surface area (Å²) < 4.78 is 10.3. The van der Waals surface area contributed by atoms with Crippen molar-refractivity contribution in [2.45, 2.75) is 196 Å². The van der Waals surface area contributed by atoms with E-state index >= 15 is 0 Å². The molecule has 0 heterocycles. The Morgan fingerprint density at radius 1 is 0.276 bits per heavy atom. The quantitative estimate of drug-likeness (QED) is 0.0153. The maximum atomic E-state index is 11.7. The molecule has 800 valence electrons. The van der Waals surface area contributed by atoms with Crippen molar-refractivity contribution in [1.82, 2.24) is 127 Å². The highest BCUT2D eigenvalue weighted by Crippen LogP contribution is 2.09. The van der Waals surface area contributed by atoms with Crippen LogP contribution in [0.2, 0.25) is 0 Å². The molecule has 0 saturated carbocycles. The monoisotopic (exact) mass is 1920 g/mol. The third-order valence-electron chi connectivity index (χ3n) is 20.7. The highest BCUT2D eigenvalue weighted by molar-refractivity contribution is 5.93. The van der Waals surface area contributed by atoms with E-state index in [1.807, 2.05) is 21.0 Å². The number of carbonyl (C=O) groups excluding carboxylic acids is 5. The van der Waals surface area contributed by atoms with Gasteiger partial charge < -0.3 is 173 Å². The van der Waals surface area contributed by atoms with Crippen molar-refractivity contribution in [3.8, 4) is 0 Å². The minimum Gasteiger partial charge on any atom is -0.550 e. The second kappa shape index (κ2) is 129. The predicted molar refractivity (Wildman–Crippen MR) is 556 cm³/mol. The van der Waals surface area contributed by atoms with E-state index in [-0.39, 0.29) is 30.2 Å². The summed E-state index contributed by atoms with van der Waals surface area (Å²) in [6.07, 6.45) is 24.1. The van der Waals surface area contributed by atoms with Crippen LogP contribution in [0.3, 0.4) is 0 Å². The fourth-order valence-corrected chi connectivity index (χ4v) is 12.7. The van der Waals surface area contributed by atoms with E-state index < -0.39 is 11.9 Å². The van der Waals surface area contributed by atoms with E-state index in [1.54, 1.807) is 11.9 Å². The zero-order chi connectivity index (χ0) is 99.0. The van der Waals surface area contributed by atoms with Crippen LogP contribution in [0, 0.1) is 0 Å². The third kappa shape index (κ3) is 136. The van der Waals surface area contributed by atoms with Crippen molar-refractivity contribution in [1.29, 1.82) is 0 Å². The molecule has 0 aliphatic rings. The molecule has 0 aliphatic carbocycles. The molecule has 0 aromatic heterocycles. The van der Waals surface area contributed by atoms with Crippen LogP contribution in [0.4, 0.5) is 0 Å². The van der Waals surface area contributed by atoms with Gasteiger partial charge in [-0.25, -0.2) is 4.79 Å². The molecule has 0 aliphatic heterocycles. The van der Waals surface area contributed by atoms with Crippen LogP contribution in [0.25, 0.3) is 0 Å². The lowest BCUT2D eigenvalue weighted by Crippen LogP contribution is -3.00. The summed E-state index contributed by atoms with van der Waals surface area (Å²) in [5, 5.41) is 104. The Balaban J connectivity index is -0.000000666. The van der Waals surface area contributed by atoms with Crippen molar-refractivity contribution >= 4 is 35.7 Å². The van der Waals surface area contributed by atoms with Crippen molar-refractivity contribution < 1.29 is 69.7 Å². The smallest absolute Gasteiger partial charge is 0.328 e. The number of likely N-dealkylation sites (N-methyl/N-ethyl adjacent to an activating group) is 3. The molecule has 0 bridgehead atoms. The van der Waals surface area contributed by atoms with Gasteiger partial charge in [0, 0.05) is 339 Å². The van der Waals surface area contributed by atoms with Gasteiger partial charge in [0.15, 0.2) is 0 Å². The molecule has 38 nitrogen and oxygen atoms in total. The van der Waals surface area contributed by atoms with Gasteiger partial charge in [0.25, 0.3) is 0 Å². The maximum Gasteiger partial charge on any atom is 0.328 e. The number of carboxylic acids is 2. The molecule has 0 rings (SSSR count). The lowest BCUT2D eigenvalue weighted by atomic mass is 10.1. The lowest BCUT2D eigenvalue weighted by molar-refractivity contribution is -0.760. The van der Waals surface area contributed by atoms with Gasteiger partial charge in [-0.05, 0) is 97.1 Å². The van der Waals surface area contributed by atoms with E-state index in [0.717, 1.165) is 371 Å². The highest BCUT2D eigenvalue weighted by Gasteiger charge is 2.10. The zero-order valence-corrected chi connectivity index (χ0v) is 87.6. The number of nitrogens with one attached hydrogen (secondary N) is 22. The number of esters is 2. The van der Waals surface area contributed by atoms with E-state index in [9.17, 15) is 33.9 Å². The van der Waals surface area contributed by atoms with Crippen LogP contribution < -0.4 is 143 Å². The van der Waals surface area contributed by atoms with Crippen LogP contribution in [0.15, 0.2) is 12.2 Å². The van der Waals surface area contributed by atoms with E-state index in [0.29, 0.717) is 45.4 Å². The van der Waals surface area contributed by atoms with Crippen molar-refractivity contribution in [2.24, 2.45) is 0 Å². The molecule has 0 saturated heterocycles. The summed E-state index contributed by atoms with van der Waals surface area (Å²) in [6, 6.07) is 0. The first-order valence-electron chi connectivity index (χ1n) is 53.3. The van der Waals surface area contributed by atoms with Gasteiger partial charge in [0.1, 0.15) is 39.3 Å². The molecule has 31 N–H and O–H groups in total. The van der Waals surface area contributed by atoms with E-state index in [4.69, 9.17) is 14.6 Å². The SMILES string of the molecule is CCCCCCCC(=O)OCCCCCC(=O)N(C)CCC.CCCCCCCC(=O)OCCCCCC(=O)[O-].CCCN(C)C(=O)C=CC(=O)O.CCCNCCNCCNCCNCCNCCNCCNCCNCCNCCNCCNCCNCCNCCNCCNCCNCCNCCNCCNCCNCCNCCNC.CCC[NH2+]CC[NH2+]CC[NH2+]CC[NH2+]C. The number of unbranched alkanes of at least 4 members (excludes halogenated alkanes) is 12. The van der Waals surface area contributed by atoms with Gasteiger partial charge in [-0.1, -0.05) is 92.9 Å². The van der Waals surface area contributed by atoms with Crippen LogP contribution in [0.5, 0.6) is 0 Å². The van der Waals surface area contributed by atoms with Gasteiger partial charge in [-0.3, -0.25) is 19.2 Å². The minimum absolute atomic E-state index is 0.0738. The van der Waals surface area contributed by atoms with E-state index in [2.05, 4.69) is 180 Å². The Morgan fingerprint density at radius 2 is 0.522 bits per heavy atom. The molecule has 0 unspecified atom stereocenters. The summed E-state index contributed by atoms with van der Waals surface area (Å²) in [5.74, 6) is -2.39. The van der Waals surface area contributed by atoms with Gasteiger partial charge in [0.05, 0.1) is 26.8 Å². The number of amides is 2. The van der Waals surface area contributed by atoms with E-state index in [1.165, 1.54) is 102 Å². The van der Waals surface area contributed by atoms with Crippen LogP contribution in [0.1, 0.15) is 196 Å². The fourth-order valence-electron chi connectivity index (χ4n) is 12.7. The molecule has 0 spiro atoms. The third-order valence-corrected chi connectivity index (χ3v) is 20.7. The first-order chi connectivity index (χ1) is 65.7. The van der Waals surface area contributed by atoms with Gasteiger partial charge in [0.2, 0.25) is 11.8 Å². The number of ether oxygens (including phenoxy) is 2. The number of hydrogen-bond donors (Lipinski definition) is 27. The number of quaternary nitrogens is 4. The largest absolute Gasteiger partial charge is 0.550 e. The number of nitrogens with zero attached hydrogens (tertiary/aromatic N) is 2. The summed E-state index contributed by atoms with van der Waals surface area (Å²) in [6.45, 7) is 67.4. The number of rotatable bonds is 106. The predicted octanol–water partition coefficient (Wildman–Crippen LogP) is -5.71. The second-order valence-corrected chi connectivity index (χ2v) is 33.7. The van der Waals surface area contributed by atoms with Crippen molar-refractivity contribution in [3.05, 3.63) is 12.2 Å². The maximum absolute atomic E-state index is 11.7. The Morgan fingerprint density at radius 3 is 0.776 bits per heavy atom. The molecule has 0 fully saturated rings. The molecule has 134 heavy (non-hydrogen) atoms. The Kier molecular flexibility index (Phi) is 132. The average Bonchev–Trinajstić information content (AvgIpc) is 0.968. The number of nitrogens with two attached hydrogens (primary N) is 4. The molecule has 2 amide bonds. The van der Waals surface area contributed by atoms with Gasteiger partial charge in [-0.15, -0.1) is 0 Å². The lowest BCUT2D eigenvalue weighted by Gasteiger charge is -2.15. The average molecular weight is 1930 g/mol. The van der Waals surface area contributed by atoms with Gasteiger partial charge >= 0.3 is 17.9 Å².